The molecule has 8 nitrogen and oxygen atoms in total. The van der Waals surface area contributed by atoms with Crippen LogP contribution in [0.1, 0.15) is 42.1 Å². The standard InChI is InChI=1S/C38H46N2O6/c1-4-15-31(25-35(42)39-33(26-41)24-29-19-11-7-12-20-29)37(43)40-34(27-45-3)36(30-21-13-8-14-22-30)46-38(44)32(16-5-2)23-28-17-9-6-10-18-28/h4-14,17-22,31-34,36,41H,1-2,15-16,23-27H2,3H3,(H,39,42)(H,40,43)/t31-,32+,33+,34-,36-/m0/s1. The first-order valence-corrected chi connectivity index (χ1v) is 15.6. The monoisotopic (exact) mass is 626 g/mol. The van der Waals surface area contributed by atoms with E-state index in [1.807, 2.05) is 91.0 Å². The summed E-state index contributed by atoms with van der Waals surface area (Å²) >= 11 is 0. The van der Waals surface area contributed by atoms with Crippen molar-refractivity contribution in [3.8, 4) is 0 Å². The maximum atomic E-state index is 13.7. The van der Waals surface area contributed by atoms with Crippen molar-refractivity contribution in [3.05, 3.63) is 133 Å². The number of nitrogens with one attached hydrogen (secondary N) is 2. The van der Waals surface area contributed by atoms with Crippen LogP contribution in [0.25, 0.3) is 0 Å². The first-order chi connectivity index (χ1) is 22.4. The molecule has 0 bridgehead atoms. The van der Waals surface area contributed by atoms with Gasteiger partial charge in [-0.05, 0) is 42.4 Å². The van der Waals surface area contributed by atoms with Crippen LogP contribution in [-0.2, 0) is 36.7 Å². The number of carbonyl (C=O) groups is 3. The summed E-state index contributed by atoms with van der Waals surface area (Å²) in [5.74, 6) is -2.39. The van der Waals surface area contributed by atoms with E-state index >= 15 is 0 Å². The number of methoxy groups -OCH3 is 1. The Kier molecular flexibility index (Phi) is 15.4. The molecule has 0 saturated carbocycles. The highest BCUT2D eigenvalue weighted by atomic mass is 16.5. The average Bonchev–Trinajstić information content (AvgIpc) is 3.07. The lowest BCUT2D eigenvalue weighted by Crippen LogP contribution is -2.47. The predicted molar refractivity (Wildman–Crippen MR) is 180 cm³/mol. The van der Waals surface area contributed by atoms with Crippen molar-refractivity contribution in [1.82, 2.24) is 10.6 Å². The Hall–Kier alpha value is -4.53. The lowest BCUT2D eigenvalue weighted by molar-refractivity contribution is -0.158. The Balaban J connectivity index is 1.77. The molecule has 0 spiro atoms. The zero-order valence-corrected chi connectivity index (χ0v) is 26.6. The molecule has 3 aromatic carbocycles. The van der Waals surface area contributed by atoms with Gasteiger partial charge in [-0.3, -0.25) is 14.4 Å². The third-order valence-electron chi connectivity index (χ3n) is 7.68. The van der Waals surface area contributed by atoms with E-state index in [0.717, 1.165) is 11.1 Å². The maximum absolute atomic E-state index is 13.7. The van der Waals surface area contributed by atoms with Gasteiger partial charge in [-0.25, -0.2) is 0 Å². The largest absolute Gasteiger partial charge is 0.455 e. The topological polar surface area (TPSA) is 114 Å². The highest BCUT2D eigenvalue weighted by Crippen LogP contribution is 2.26. The molecule has 0 aromatic heterocycles. The molecule has 0 aliphatic rings. The van der Waals surface area contributed by atoms with E-state index in [0.29, 0.717) is 24.8 Å². The smallest absolute Gasteiger partial charge is 0.310 e. The minimum absolute atomic E-state index is 0.0556. The van der Waals surface area contributed by atoms with E-state index in [1.165, 1.54) is 7.11 Å². The quantitative estimate of drug-likeness (QED) is 0.118. The zero-order valence-electron chi connectivity index (χ0n) is 26.6. The maximum Gasteiger partial charge on any atom is 0.310 e. The van der Waals surface area contributed by atoms with Gasteiger partial charge < -0.3 is 25.2 Å². The molecular weight excluding hydrogens is 580 g/mol. The minimum atomic E-state index is -0.858. The molecule has 46 heavy (non-hydrogen) atoms. The van der Waals surface area contributed by atoms with Gasteiger partial charge >= 0.3 is 5.97 Å². The number of amides is 2. The summed E-state index contributed by atoms with van der Waals surface area (Å²) in [6.07, 6.45) is 3.92. The van der Waals surface area contributed by atoms with Gasteiger partial charge in [-0.1, -0.05) is 103 Å². The number of hydrogen-bond donors (Lipinski definition) is 3. The summed E-state index contributed by atoms with van der Waals surface area (Å²) in [6, 6.07) is 27.2. The number of rotatable bonds is 20. The predicted octanol–water partition coefficient (Wildman–Crippen LogP) is 5.14. The number of hydrogen-bond acceptors (Lipinski definition) is 6. The van der Waals surface area contributed by atoms with Gasteiger partial charge in [0.1, 0.15) is 6.10 Å². The van der Waals surface area contributed by atoms with Crippen molar-refractivity contribution in [2.24, 2.45) is 11.8 Å². The molecule has 5 atom stereocenters. The Morgan fingerprint density at radius 2 is 1.33 bits per heavy atom. The molecule has 2 amide bonds. The second kappa shape index (κ2) is 19.8. The van der Waals surface area contributed by atoms with Crippen LogP contribution in [0, 0.1) is 11.8 Å². The molecule has 0 aliphatic carbocycles. The van der Waals surface area contributed by atoms with Crippen molar-refractivity contribution >= 4 is 17.8 Å². The molecule has 3 N–H and O–H groups in total. The van der Waals surface area contributed by atoms with Gasteiger partial charge in [0, 0.05) is 13.5 Å². The fourth-order valence-corrected chi connectivity index (χ4v) is 5.35. The Labute approximate surface area is 272 Å². The van der Waals surface area contributed by atoms with Gasteiger partial charge in [-0.2, -0.15) is 0 Å². The number of carbonyl (C=O) groups excluding carboxylic acids is 3. The highest BCUT2D eigenvalue weighted by molar-refractivity contribution is 5.86. The van der Waals surface area contributed by atoms with Gasteiger partial charge in [0.15, 0.2) is 0 Å². The fourth-order valence-electron chi connectivity index (χ4n) is 5.35. The summed E-state index contributed by atoms with van der Waals surface area (Å²) in [5.41, 5.74) is 2.67. The SMILES string of the molecule is C=CC[C@@H](CC(=O)N[C@@H](CO)Cc1ccccc1)C(=O)N[C@@H](COC)[C@@H](OC(=O)[C@H](CC=C)Cc1ccccc1)c1ccccc1. The molecule has 0 unspecified atom stereocenters. The second-order valence-corrected chi connectivity index (χ2v) is 11.3. The Morgan fingerprint density at radius 3 is 1.87 bits per heavy atom. The average molecular weight is 627 g/mol. The number of esters is 1. The van der Waals surface area contributed by atoms with E-state index in [2.05, 4.69) is 23.8 Å². The Morgan fingerprint density at radius 1 is 0.783 bits per heavy atom. The van der Waals surface area contributed by atoms with E-state index in [-0.39, 0.29) is 32.0 Å². The Bertz CT molecular complexity index is 1370. The van der Waals surface area contributed by atoms with Crippen LogP contribution in [0.15, 0.2) is 116 Å². The van der Waals surface area contributed by atoms with Gasteiger partial charge in [0.25, 0.3) is 0 Å². The van der Waals surface area contributed by atoms with Crippen LogP contribution in [0.4, 0.5) is 0 Å². The van der Waals surface area contributed by atoms with Crippen molar-refractivity contribution in [1.29, 1.82) is 0 Å². The van der Waals surface area contributed by atoms with Crippen LogP contribution < -0.4 is 10.6 Å². The second-order valence-electron chi connectivity index (χ2n) is 11.3. The third kappa shape index (κ3) is 11.8. The van der Waals surface area contributed by atoms with E-state index in [9.17, 15) is 19.5 Å². The summed E-state index contributed by atoms with van der Waals surface area (Å²) in [5, 5.41) is 15.7. The number of allylic oxidation sites excluding steroid dienone is 2. The van der Waals surface area contributed by atoms with Crippen molar-refractivity contribution < 1.29 is 29.0 Å². The van der Waals surface area contributed by atoms with E-state index in [4.69, 9.17) is 9.47 Å². The highest BCUT2D eigenvalue weighted by Gasteiger charge is 2.33. The first-order valence-electron chi connectivity index (χ1n) is 15.6. The van der Waals surface area contributed by atoms with Crippen LogP contribution in [0.2, 0.25) is 0 Å². The van der Waals surface area contributed by atoms with Crippen molar-refractivity contribution in [3.63, 3.8) is 0 Å². The molecule has 0 saturated heterocycles. The molecule has 0 fully saturated rings. The number of ether oxygens (including phenoxy) is 2. The molecule has 3 aromatic rings. The molecular formula is C38H46N2O6. The van der Waals surface area contributed by atoms with Gasteiger partial charge in [0.05, 0.1) is 37.1 Å². The lowest BCUT2D eigenvalue weighted by atomic mass is 9.95. The third-order valence-corrected chi connectivity index (χ3v) is 7.68. The van der Waals surface area contributed by atoms with Crippen LogP contribution in [0.5, 0.6) is 0 Å². The molecule has 3 rings (SSSR count). The molecule has 0 radical (unpaired) electrons. The van der Waals surface area contributed by atoms with Crippen LogP contribution in [0.3, 0.4) is 0 Å². The van der Waals surface area contributed by atoms with Crippen molar-refractivity contribution in [2.75, 3.05) is 20.3 Å². The molecule has 0 aliphatic heterocycles. The first kappa shape index (κ1) is 35.9. The summed E-state index contributed by atoms with van der Waals surface area (Å²) in [4.78, 5) is 40.4. The van der Waals surface area contributed by atoms with E-state index in [1.54, 1.807) is 12.2 Å². The zero-order chi connectivity index (χ0) is 33.1. The van der Waals surface area contributed by atoms with Gasteiger partial charge in [0.2, 0.25) is 11.8 Å². The lowest BCUT2D eigenvalue weighted by Gasteiger charge is -2.30. The molecule has 8 heteroatoms. The summed E-state index contributed by atoms with van der Waals surface area (Å²) in [7, 11) is 1.51. The van der Waals surface area contributed by atoms with Crippen LogP contribution in [-0.4, -0.2) is 55.3 Å². The molecule has 0 heterocycles. The minimum Gasteiger partial charge on any atom is -0.455 e. The van der Waals surface area contributed by atoms with Crippen LogP contribution >= 0.6 is 0 Å². The number of aliphatic hydroxyl groups excluding tert-OH is 1. The molecule has 244 valence electrons. The van der Waals surface area contributed by atoms with Crippen molar-refractivity contribution in [2.45, 2.75) is 50.3 Å². The number of benzene rings is 3. The van der Waals surface area contributed by atoms with Gasteiger partial charge in [-0.15, -0.1) is 13.2 Å². The summed E-state index contributed by atoms with van der Waals surface area (Å²) in [6.45, 7) is 7.42. The number of aliphatic hydroxyl groups is 1. The normalized spacial score (nSPS) is 14.1. The summed E-state index contributed by atoms with van der Waals surface area (Å²) < 4.78 is 11.7. The fraction of sp³-hybridized carbons (Fsp3) is 0.342. The van der Waals surface area contributed by atoms with E-state index < -0.39 is 41.9 Å².